The molecule has 0 aliphatic carbocycles. The van der Waals surface area contributed by atoms with E-state index in [0.717, 1.165) is 18.7 Å². The van der Waals surface area contributed by atoms with Crippen LogP contribution in [0.1, 0.15) is 16.1 Å². The number of carbonyl (C=O) groups excluding carboxylic acids is 2. The summed E-state index contributed by atoms with van der Waals surface area (Å²) < 4.78 is 6.34. The summed E-state index contributed by atoms with van der Waals surface area (Å²) in [5, 5.41) is 25.4. The summed E-state index contributed by atoms with van der Waals surface area (Å²) in [5.74, 6) is -0.505. The van der Waals surface area contributed by atoms with Gasteiger partial charge in [-0.25, -0.2) is 4.98 Å². The summed E-state index contributed by atoms with van der Waals surface area (Å²) in [7, 11) is 0. The fourth-order valence-electron chi connectivity index (χ4n) is 3.05. The number of aliphatic hydroxyl groups excluding tert-OH is 1. The molecule has 33 heavy (non-hydrogen) atoms. The molecule has 1 atom stereocenters. The maximum Gasteiger partial charge on any atom is 0.270 e. The van der Waals surface area contributed by atoms with Gasteiger partial charge in [-0.3, -0.25) is 14.5 Å². The normalized spacial score (nSPS) is 16.7. The van der Waals surface area contributed by atoms with Gasteiger partial charge in [0.05, 0.1) is 35.1 Å². The molecule has 2 aromatic rings. The Balaban J connectivity index is 1.38. The van der Waals surface area contributed by atoms with Crippen molar-refractivity contribution in [1.29, 1.82) is 0 Å². The van der Waals surface area contributed by atoms with E-state index in [4.69, 9.17) is 38.2 Å². The lowest BCUT2D eigenvalue weighted by atomic mass is 10.2. The van der Waals surface area contributed by atoms with Gasteiger partial charge in [-0.2, -0.15) is 0 Å². The SMILES string of the molecule is O=C(CSc1nc(C(=O)NCC(O)O)cs1)NC[C@H]1CN(Cc2ccc(Cl)c(Cl)c2)CCO1. The highest BCUT2D eigenvalue weighted by Crippen LogP contribution is 2.24. The quantitative estimate of drug-likeness (QED) is 0.267. The molecule has 0 saturated carbocycles. The first-order chi connectivity index (χ1) is 15.8. The van der Waals surface area contributed by atoms with Crippen LogP contribution in [0.3, 0.4) is 0 Å². The van der Waals surface area contributed by atoms with Crippen molar-refractivity contribution in [2.45, 2.75) is 23.3 Å². The number of nitrogens with zero attached hydrogens (tertiary/aromatic N) is 2. The topological polar surface area (TPSA) is 124 Å². The van der Waals surface area contributed by atoms with Crippen LogP contribution in [0.25, 0.3) is 0 Å². The number of ether oxygens (including phenoxy) is 1. The van der Waals surface area contributed by atoms with Crippen molar-refractivity contribution in [3.63, 3.8) is 0 Å². The molecule has 2 amide bonds. The van der Waals surface area contributed by atoms with E-state index in [9.17, 15) is 9.59 Å². The van der Waals surface area contributed by atoms with Crippen LogP contribution in [0.4, 0.5) is 0 Å². The van der Waals surface area contributed by atoms with Crippen LogP contribution in [0.5, 0.6) is 0 Å². The molecule has 0 unspecified atom stereocenters. The van der Waals surface area contributed by atoms with Crippen LogP contribution >= 0.6 is 46.3 Å². The van der Waals surface area contributed by atoms with Gasteiger partial charge in [0, 0.05) is 31.6 Å². The number of hydrogen-bond acceptors (Lipinski definition) is 9. The smallest absolute Gasteiger partial charge is 0.270 e. The number of aliphatic hydroxyl groups is 2. The molecule has 0 spiro atoms. The number of rotatable bonds is 10. The lowest BCUT2D eigenvalue weighted by Crippen LogP contribution is -2.47. The number of amides is 2. The maximum atomic E-state index is 12.2. The van der Waals surface area contributed by atoms with Gasteiger partial charge < -0.3 is 25.6 Å². The molecule has 0 bridgehead atoms. The van der Waals surface area contributed by atoms with Crippen molar-refractivity contribution in [2.24, 2.45) is 0 Å². The van der Waals surface area contributed by atoms with E-state index < -0.39 is 12.2 Å². The third-order valence-corrected chi connectivity index (χ3v) is 7.39. The lowest BCUT2D eigenvalue weighted by molar-refractivity contribution is -0.119. The van der Waals surface area contributed by atoms with Crippen molar-refractivity contribution in [3.05, 3.63) is 44.9 Å². The molecule has 13 heteroatoms. The summed E-state index contributed by atoms with van der Waals surface area (Å²) in [6.45, 7) is 2.88. The number of benzene rings is 1. The first kappa shape index (κ1) is 26.2. The number of hydrogen-bond donors (Lipinski definition) is 4. The summed E-state index contributed by atoms with van der Waals surface area (Å²) in [6, 6.07) is 5.59. The van der Waals surface area contributed by atoms with Crippen LogP contribution in [-0.2, 0) is 16.1 Å². The zero-order valence-corrected chi connectivity index (χ0v) is 20.6. The Bertz CT molecular complexity index is 962. The number of carbonyl (C=O) groups is 2. The summed E-state index contributed by atoms with van der Waals surface area (Å²) >= 11 is 14.5. The molecule has 180 valence electrons. The lowest BCUT2D eigenvalue weighted by Gasteiger charge is -2.33. The molecule has 1 saturated heterocycles. The molecular formula is C20H24Cl2N4O5S2. The summed E-state index contributed by atoms with van der Waals surface area (Å²) in [5.41, 5.74) is 1.23. The van der Waals surface area contributed by atoms with Crippen molar-refractivity contribution in [1.82, 2.24) is 20.5 Å². The van der Waals surface area contributed by atoms with Gasteiger partial charge in [0.15, 0.2) is 10.6 Å². The Labute approximate surface area is 209 Å². The van der Waals surface area contributed by atoms with Gasteiger partial charge in [-0.15, -0.1) is 11.3 Å². The van der Waals surface area contributed by atoms with Gasteiger partial charge in [-0.05, 0) is 17.7 Å². The van der Waals surface area contributed by atoms with Gasteiger partial charge in [0.25, 0.3) is 5.91 Å². The zero-order valence-electron chi connectivity index (χ0n) is 17.5. The fraction of sp³-hybridized carbons (Fsp3) is 0.450. The highest BCUT2D eigenvalue weighted by molar-refractivity contribution is 8.01. The average molecular weight is 535 g/mol. The Kier molecular flexibility index (Phi) is 10.2. The third-order valence-electron chi connectivity index (χ3n) is 4.63. The van der Waals surface area contributed by atoms with E-state index in [2.05, 4.69) is 20.5 Å². The van der Waals surface area contributed by atoms with Gasteiger partial charge in [0.1, 0.15) is 5.69 Å². The molecule has 1 aliphatic heterocycles. The molecule has 2 heterocycles. The van der Waals surface area contributed by atoms with Crippen LogP contribution < -0.4 is 10.6 Å². The first-order valence-electron chi connectivity index (χ1n) is 10.1. The average Bonchev–Trinajstić information content (AvgIpc) is 3.26. The molecule has 0 radical (unpaired) electrons. The van der Waals surface area contributed by atoms with Crippen molar-refractivity contribution >= 4 is 58.1 Å². The van der Waals surface area contributed by atoms with E-state index in [1.54, 1.807) is 11.4 Å². The summed E-state index contributed by atoms with van der Waals surface area (Å²) in [6.07, 6.45) is -1.74. The van der Waals surface area contributed by atoms with Crippen LogP contribution in [-0.4, -0.2) is 82.8 Å². The third kappa shape index (κ3) is 8.69. The number of halogens is 2. The Morgan fingerprint density at radius 1 is 1.30 bits per heavy atom. The zero-order chi connectivity index (χ0) is 23.8. The van der Waals surface area contributed by atoms with E-state index in [1.165, 1.54) is 23.1 Å². The Morgan fingerprint density at radius 3 is 2.88 bits per heavy atom. The van der Waals surface area contributed by atoms with Gasteiger partial charge >= 0.3 is 0 Å². The predicted octanol–water partition coefficient (Wildman–Crippen LogP) is 1.60. The van der Waals surface area contributed by atoms with E-state index in [-0.39, 0.29) is 30.0 Å². The highest BCUT2D eigenvalue weighted by Gasteiger charge is 2.21. The van der Waals surface area contributed by atoms with E-state index >= 15 is 0 Å². The minimum Gasteiger partial charge on any atom is -0.374 e. The maximum absolute atomic E-state index is 12.2. The first-order valence-corrected chi connectivity index (χ1v) is 12.7. The van der Waals surface area contributed by atoms with Crippen LogP contribution in [0.15, 0.2) is 27.9 Å². The largest absolute Gasteiger partial charge is 0.374 e. The second kappa shape index (κ2) is 12.9. The number of nitrogens with one attached hydrogen (secondary N) is 2. The standard InChI is InChI=1S/C20H24Cl2N4O5S2/c21-14-2-1-12(5-15(14)22)8-26-3-4-31-13(9-26)6-23-17(27)11-33-20-25-16(10-32-20)19(30)24-7-18(28)29/h1-2,5,10,13,18,28-29H,3-4,6-9,11H2,(H,23,27)(H,24,30)/t13-/m0/s1. The molecule has 9 nitrogen and oxygen atoms in total. The second-order valence-corrected chi connectivity index (χ2v) is 10.2. The minimum absolute atomic E-state index is 0.118. The molecule has 4 N–H and O–H groups in total. The van der Waals surface area contributed by atoms with Gasteiger partial charge in [-0.1, -0.05) is 41.0 Å². The molecule has 3 rings (SSSR count). The van der Waals surface area contributed by atoms with Crippen LogP contribution in [0, 0.1) is 0 Å². The van der Waals surface area contributed by atoms with Crippen molar-refractivity contribution < 1.29 is 24.5 Å². The van der Waals surface area contributed by atoms with Crippen LogP contribution in [0.2, 0.25) is 10.0 Å². The highest BCUT2D eigenvalue weighted by atomic mass is 35.5. The van der Waals surface area contributed by atoms with Gasteiger partial charge in [0.2, 0.25) is 5.91 Å². The summed E-state index contributed by atoms with van der Waals surface area (Å²) in [4.78, 5) is 30.5. The fourth-order valence-corrected chi connectivity index (χ4v) is 5.01. The number of thioether (sulfide) groups is 1. The molecule has 1 aromatic carbocycles. The monoisotopic (exact) mass is 534 g/mol. The number of thiazole rings is 1. The molecule has 1 fully saturated rings. The molecular weight excluding hydrogens is 511 g/mol. The molecule has 1 aromatic heterocycles. The van der Waals surface area contributed by atoms with Crippen molar-refractivity contribution in [3.8, 4) is 0 Å². The predicted molar refractivity (Wildman–Crippen MR) is 128 cm³/mol. The van der Waals surface area contributed by atoms with E-state index in [1.807, 2.05) is 12.1 Å². The second-order valence-electron chi connectivity index (χ2n) is 7.26. The van der Waals surface area contributed by atoms with Crippen molar-refractivity contribution in [2.75, 3.05) is 38.5 Å². The molecule has 1 aliphatic rings. The number of morpholine rings is 1. The Hall–Kier alpha value is -1.44. The minimum atomic E-state index is -1.62. The Morgan fingerprint density at radius 2 is 2.12 bits per heavy atom. The van der Waals surface area contributed by atoms with E-state index in [0.29, 0.717) is 34.1 Å². The number of aromatic nitrogens is 1.